The number of benzene rings is 1. The molecule has 1 aliphatic rings. The Bertz CT molecular complexity index is 501. The fourth-order valence-corrected chi connectivity index (χ4v) is 2.28. The Labute approximate surface area is 115 Å². The average molecular weight is 285 g/mol. The molecule has 1 aromatic rings. The first-order valence-electron chi connectivity index (χ1n) is 6.08. The van der Waals surface area contributed by atoms with E-state index in [-0.39, 0.29) is 29.8 Å². The van der Waals surface area contributed by atoms with Gasteiger partial charge in [-0.2, -0.15) is 0 Å². The van der Waals surface area contributed by atoms with E-state index in [1.165, 1.54) is 23.1 Å². The third-order valence-electron chi connectivity index (χ3n) is 3.03. The number of carbonyl (C=O) groups excluding carboxylic acids is 2. The quantitative estimate of drug-likeness (QED) is 0.904. The molecule has 0 aromatic heterocycles. The molecule has 0 aliphatic carbocycles. The molecule has 2 amide bonds. The van der Waals surface area contributed by atoms with Crippen molar-refractivity contribution in [2.75, 3.05) is 11.4 Å². The number of hydrogen-bond donors (Lipinski definition) is 1. The number of anilines is 1. The van der Waals surface area contributed by atoms with Crippen LogP contribution < -0.4 is 10.2 Å². The lowest BCUT2D eigenvalue weighted by molar-refractivity contribution is -0.125. The van der Waals surface area contributed by atoms with Crippen molar-refractivity contribution in [3.05, 3.63) is 29.0 Å². The second-order valence-electron chi connectivity index (χ2n) is 4.40. The molecule has 19 heavy (non-hydrogen) atoms. The van der Waals surface area contributed by atoms with E-state index in [4.69, 9.17) is 11.6 Å². The van der Waals surface area contributed by atoms with Crippen molar-refractivity contribution in [3.8, 4) is 0 Å². The summed E-state index contributed by atoms with van der Waals surface area (Å²) in [5.74, 6) is -0.924. The number of amides is 2. The maximum absolute atomic E-state index is 13.4. The second kappa shape index (κ2) is 5.57. The minimum atomic E-state index is -0.572. The number of nitrogens with one attached hydrogen (secondary N) is 1. The summed E-state index contributed by atoms with van der Waals surface area (Å²) in [5.41, 5.74) is 0.380. The Balaban J connectivity index is 2.35. The van der Waals surface area contributed by atoms with Gasteiger partial charge in [-0.25, -0.2) is 4.39 Å². The van der Waals surface area contributed by atoms with Crippen molar-refractivity contribution in [2.45, 2.75) is 25.8 Å². The molecule has 2 rings (SSSR count). The van der Waals surface area contributed by atoms with Gasteiger partial charge in [0.05, 0.1) is 0 Å². The van der Waals surface area contributed by atoms with Gasteiger partial charge in [-0.1, -0.05) is 18.5 Å². The summed E-state index contributed by atoms with van der Waals surface area (Å²) in [6, 6.07) is 3.36. The monoisotopic (exact) mass is 284 g/mol. The molecular weight excluding hydrogens is 271 g/mol. The maximum atomic E-state index is 13.4. The first kappa shape index (κ1) is 13.8. The van der Waals surface area contributed by atoms with E-state index < -0.39 is 11.9 Å². The highest BCUT2D eigenvalue weighted by molar-refractivity contribution is 6.31. The van der Waals surface area contributed by atoms with Crippen LogP contribution in [0.2, 0.25) is 5.02 Å². The van der Waals surface area contributed by atoms with Gasteiger partial charge in [0.1, 0.15) is 11.9 Å². The van der Waals surface area contributed by atoms with Crippen LogP contribution in [0.3, 0.4) is 0 Å². The van der Waals surface area contributed by atoms with E-state index in [2.05, 4.69) is 5.32 Å². The van der Waals surface area contributed by atoms with Crippen molar-refractivity contribution in [3.63, 3.8) is 0 Å². The third-order valence-corrected chi connectivity index (χ3v) is 3.25. The lowest BCUT2D eigenvalue weighted by Crippen LogP contribution is -2.44. The van der Waals surface area contributed by atoms with Crippen molar-refractivity contribution in [1.82, 2.24) is 5.32 Å². The molecule has 0 spiro atoms. The van der Waals surface area contributed by atoms with Gasteiger partial charge in [0.25, 0.3) is 0 Å². The van der Waals surface area contributed by atoms with Crippen LogP contribution in [0.1, 0.15) is 19.8 Å². The fourth-order valence-electron chi connectivity index (χ4n) is 2.07. The van der Waals surface area contributed by atoms with Crippen LogP contribution in [0.5, 0.6) is 0 Å². The summed E-state index contributed by atoms with van der Waals surface area (Å²) in [6.45, 7) is 2.03. The van der Waals surface area contributed by atoms with Gasteiger partial charge in [0.15, 0.2) is 0 Å². The van der Waals surface area contributed by atoms with Crippen LogP contribution in [0.15, 0.2) is 18.2 Å². The van der Waals surface area contributed by atoms with Gasteiger partial charge in [0.2, 0.25) is 11.8 Å². The number of carbonyl (C=O) groups is 2. The van der Waals surface area contributed by atoms with Gasteiger partial charge in [-0.05, 0) is 24.6 Å². The maximum Gasteiger partial charge on any atom is 0.249 e. The Kier molecular flexibility index (Phi) is 4.04. The fraction of sp³-hybridized carbons (Fsp3) is 0.385. The Morgan fingerprint density at radius 3 is 2.79 bits per heavy atom. The van der Waals surface area contributed by atoms with E-state index in [0.29, 0.717) is 12.1 Å². The molecule has 0 saturated carbocycles. The molecule has 1 N–H and O–H groups in total. The average Bonchev–Trinajstić information content (AvgIpc) is 2.48. The van der Waals surface area contributed by atoms with Crippen LogP contribution in [0.25, 0.3) is 0 Å². The smallest absolute Gasteiger partial charge is 0.249 e. The number of halogens is 2. The molecule has 1 unspecified atom stereocenters. The van der Waals surface area contributed by atoms with Crippen LogP contribution in [-0.4, -0.2) is 24.4 Å². The van der Waals surface area contributed by atoms with Crippen LogP contribution >= 0.6 is 11.6 Å². The molecule has 0 radical (unpaired) electrons. The summed E-state index contributed by atoms with van der Waals surface area (Å²) >= 11 is 5.80. The molecule has 1 aliphatic heterocycles. The molecule has 102 valence electrons. The Morgan fingerprint density at radius 2 is 2.16 bits per heavy atom. The number of rotatable bonds is 2. The minimum absolute atomic E-state index is 0.176. The molecule has 6 heteroatoms. The predicted octanol–water partition coefficient (Wildman–Crippen LogP) is 2.11. The highest BCUT2D eigenvalue weighted by Crippen LogP contribution is 2.24. The first-order chi connectivity index (χ1) is 9.01. The van der Waals surface area contributed by atoms with E-state index in [1.54, 1.807) is 0 Å². The Morgan fingerprint density at radius 1 is 1.42 bits per heavy atom. The molecule has 4 nitrogen and oxygen atoms in total. The third kappa shape index (κ3) is 3.04. The standard InChI is InChI=1S/C13H14ClFN2O2/c1-2-11-13(19)17(4-3-12(18)16-11)10-6-8(14)5-9(15)7-10/h5-7,11H,2-4H2,1H3,(H,16,18). The largest absolute Gasteiger partial charge is 0.344 e. The van der Waals surface area contributed by atoms with Crippen LogP contribution in [0, 0.1) is 5.82 Å². The highest BCUT2D eigenvalue weighted by Gasteiger charge is 2.29. The summed E-state index contributed by atoms with van der Waals surface area (Å²) < 4.78 is 13.4. The molecule has 1 fully saturated rings. The zero-order chi connectivity index (χ0) is 14.0. The van der Waals surface area contributed by atoms with Gasteiger partial charge >= 0.3 is 0 Å². The van der Waals surface area contributed by atoms with Crippen molar-refractivity contribution in [2.24, 2.45) is 0 Å². The molecular formula is C13H14ClFN2O2. The Hall–Kier alpha value is -1.62. The molecule has 0 bridgehead atoms. The molecule has 1 saturated heterocycles. The molecule has 1 aromatic carbocycles. The minimum Gasteiger partial charge on any atom is -0.344 e. The van der Waals surface area contributed by atoms with Gasteiger partial charge < -0.3 is 10.2 Å². The van der Waals surface area contributed by atoms with E-state index >= 15 is 0 Å². The van der Waals surface area contributed by atoms with Gasteiger partial charge in [0, 0.05) is 23.7 Å². The lowest BCUT2D eigenvalue weighted by atomic mass is 10.2. The summed E-state index contributed by atoms with van der Waals surface area (Å²) in [7, 11) is 0. The van der Waals surface area contributed by atoms with Crippen LogP contribution in [0.4, 0.5) is 10.1 Å². The summed E-state index contributed by atoms with van der Waals surface area (Å²) in [6.07, 6.45) is 0.681. The van der Waals surface area contributed by atoms with Crippen molar-refractivity contribution in [1.29, 1.82) is 0 Å². The highest BCUT2D eigenvalue weighted by atomic mass is 35.5. The topological polar surface area (TPSA) is 49.4 Å². The summed E-state index contributed by atoms with van der Waals surface area (Å²) in [4.78, 5) is 25.2. The van der Waals surface area contributed by atoms with Crippen molar-refractivity contribution < 1.29 is 14.0 Å². The number of nitrogens with zero attached hydrogens (tertiary/aromatic N) is 1. The zero-order valence-electron chi connectivity index (χ0n) is 10.5. The predicted molar refractivity (Wildman–Crippen MR) is 70.6 cm³/mol. The molecule has 1 heterocycles. The van der Waals surface area contributed by atoms with Gasteiger partial charge in [-0.3, -0.25) is 9.59 Å². The van der Waals surface area contributed by atoms with Crippen LogP contribution in [-0.2, 0) is 9.59 Å². The molecule has 1 atom stereocenters. The normalized spacial score (nSPS) is 20.2. The van der Waals surface area contributed by atoms with Crippen molar-refractivity contribution >= 4 is 29.1 Å². The number of hydrogen-bond acceptors (Lipinski definition) is 2. The van der Waals surface area contributed by atoms with E-state index in [9.17, 15) is 14.0 Å². The first-order valence-corrected chi connectivity index (χ1v) is 6.46. The second-order valence-corrected chi connectivity index (χ2v) is 4.83. The van der Waals surface area contributed by atoms with E-state index in [0.717, 1.165) is 0 Å². The zero-order valence-corrected chi connectivity index (χ0v) is 11.2. The van der Waals surface area contributed by atoms with E-state index in [1.807, 2.05) is 6.92 Å². The summed E-state index contributed by atoms with van der Waals surface area (Å²) in [5, 5.41) is 2.87. The SMILES string of the molecule is CCC1NC(=O)CCN(c2cc(F)cc(Cl)c2)C1=O. The lowest BCUT2D eigenvalue weighted by Gasteiger charge is -2.23. The van der Waals surface area contributed by atoms with Gasteiger partial charge in [-0.15, -0.1) is 0 Å².